The van der Waals surface area contributed by atoms with Crippen LogP contribution in [-0.2, 0) is 6.42 Å². The van der Waals surface area contributed by atoms with Crippen LogP contribution < -0.4 is 9.61 Å². The topological polar surface area (TPSA) is 82.6 Å². The number of aliphatic hydroxyl groups excluding tert-OH is 1. The lowest BCUT2D eigenvalue weighted by molar-refractivity contribution is 0.0132. The molecule has 0 saturated heterocycles. The molecule has 0 radical (unpaired) electrons. The van der Waals surface area contributed by atoms with E-state index in [0.717, 1.165) is 54.8 Å². The first kappa shape index (κ1) is 18.0. The molecule has 5 nitrogen and oxygen atoms in total. The molecule has 1 aromatic heterocycles. The molecule has 0 amide bonds. The first-order chi connectivity index (χ1) is 12.0. The van der Waals surface area contributed by atoms with Crippen molar-refractivity contribution in [1.29, 1.82) is 0 Å². The molecule has 1 fully saturated rings. The number of aromatic nitrogens is 1. The van der Waals surface area contributed by atoms with Crippen molar-refractivity contribution in [2.45, 2.75) is 51.6 Å². The molecule has 1 aliphatic carbocycles. The average Bonchev–Trinajstić information content (AvgIpc) is 2.91. The summed E-state index contributed by atoms with van der Waals surface area (Å²) in [5.74, 6) is 0.763. The van der Waals surface area contributed by atoms with Crippen LogP contribution in [0, 0.1) is 5.41 Å². The third kappa shape index (κ3) is 4.44. The SMILES string of the molecule is CCC1(COc2ccc(Cc3sc(=O)[nH]c3O)cc2)CCCC(O)C1. The highest BCUT2D eigenvalue weighted by molar-refractivity contribution is 7.09. The number of nitrogens with one attached hydrogen (secondary N) is 1. The van der Waals surface area contributed by atoms with Gasteiger partial charge in [0.15, 0.2) is 0 Å². The third-order valence-corrected chi connectivity index (χ3v) is 6.07. The van der Waals surface area contributed by atoms with Crippen molar-refractivity contribution < 1.29 is 14.9 Å². The fraction of sp³-hybridized carbons (Fsp3) is 0.526. The molecule has 1 heterocycles. The van der Waals surface area contributed by atoms with Gasteiger partial charge in [0.05, 0.1) is 17.6 Å². The molecule has 2 atom stereocenters. The Morgan fingerprint density at radius 3 is 2.72 bits per heavy atom. The Labute approximate surface area is 151 Å². The maximum Gasteiger partial charge on any atom is 0.307 e. The van der Waals surface area contributed by atoms with E-state index >= 15 is 0 Å². The summed E-state index contributed by atoms with van der Waals surface area (Å²) in [6, 6.07) is 7.75. The van der Waals surface area contributed by atoms with Crippen LogP contribution in [0.5, 0.6) is 11.6 Å². The molecule has 2 unspecified atom stereocenters. The molecule has 6 heteroatoms. The quantitative estimate of drug-likeness (QED) is 0.734. The van der Waals surface area contributed by atoms with Gasteiger partial charge in [-0.15, -0.1) is 0 Å². The Balaban J connectivity index is 1.60. The normalized spacial score (nSPS) is 23.5. The van der Waals surface area contributed by atoms with E-state index < -0.39 is 0 Å². The zero-order valence-corrected chi connectivity index (χ0v) is 15.3. The fourth-order valence-corrected chi connectivity index (χ4v) is 4.33. The van der Waals surface area contributed by atoms with Gasteiger partial charge in [-0.2, -0.15) is 0 Å². The molecule has 1 aliphatic rings. The Bertz CT molecular complexity index is 752. The molecule has 0 aliphatic heterocycles. The Hall–Kier alpha value is -1.79. The van der Waals surface area contributed by atoms with Crippen molar-refractivity contribution in [3.8, 4) is 11.6 Å². The Morgan fingerprint density at radius 1 is 1.36 bits per heavy atom. The number of hydrogen-bond donors (Lipinski definition) is 3. The van der Waals surface area contributed by atoms with E-state index in [2.05, 4.69) is 11.9 Å². The van der Waals surface area contributed by atoms with Gasteiger partial charge >= 0.3 is 4.87 Å². The molecule has 1 saturated carbocycles. The van der Waals surface area contributed by atoms with Crippen molar-refractivity contribution in [2.75, 3.05) is 6.61 Å². The van der Waals surface area contributed by atoms with Crippen LogP contribution in [0.2, 0.25) is 0 Å². The van der Waals surface area contributed by atoms with Gasteiger partial charge in [0.2, 0.25) is 5.88 Å². The lowest BCUT2D eigenvalue weighted by Gasteiger charge is -2.38. The highest BCUT2D eigenvalue weighted by Gasteiger charge is 2.35. The molecule has 25 heavy (non-hydrogen) atoms. The minimum atomic E-state index is -0.244. The lowest BCUT2D eigenvalue weighted by Crippen LogP contribution is -2.36. The van der Waals surface area contributed by atoms with Crippen LogP contribution in [0.3, 0.4) is 0 Å². The summed E-state index contributed by atoms with van der Waals surface area (Å²) in [5, 5.41) is 19.6. The van der Waals surface area contributed by atoms with Gasteiger partial charge < -0.3 is 14.9 Å². The van der Waals surface area contributed by atoms with Crippen LogP contribution in [0.1, 0.15) is 49.5 Å². The summed E-state index contributed by atoms with van der Waals surface area (Å²) in [6.07, 6.45) is 5.18. The van der Waals surface area contributed by atoms with E-state index in [-0.39, 0.29) is 22.3 Å². The van der Waals surface area contributed by atoms with Gasteiger partial charge in [-0.3, -0.25) is 9.78 Å². The predicted molar refractivity (Wildman–Crippen MR) is 98.5 cm³/mol. The molecule has 2 aromatic rings. The minimum absolute atomic E-state index is 0.0453. The van der Waals surface area contributed by atoms with Crippen LogP contribution in [-0.4, -0.2) is 27.9 Å². The highest BCUT2D eigenvalue weighted by atomic mass is 32.1. The van der Waals surface area contributed by atoms with Crippen molar-refractivity contribution in [2.24, 2.45) is 5.41 Å². The average molecular weight is 363 g/mol. The summed E-state index contributed by atoms with van der Waals surface area (Å²) < 4.78 is 6.01. The predicted octanol–water partition coefficient (Wildman–Crippen LogP) is 3.44. The number of thiazole rings is 1. The smallest absolute Gasteiger partial charge is 0.307 e. The third-order valence-electron chi connectivity index (χ3n) is 5.20. The van der Waals surface area contributed by atoms with Crippen molar-refractivity contribution in [3.05, 3.63) is 44.4 Å². The second-order valence-corrected chi connectivity index (χ2v) is 8.07. The van der Waals surface area contributed by atoms with Crippen molar-refractivity contribution in [1.82, 2.24) is 4.98 Å². The van der Waals surface area contributed by atoms with E-state index in [0.29, 0.717) is 17.9 Å². The first-order valence-electron chi connectivity index (χ1n) is 8.80. The zero-order valence-electron chi connectivity index (χ0n) is 14.5. The van der Waals surface area contributed by atoms with Crippen LogP contribution in [0.4, 0.5) is 0 Å². The zero-order chi connectivity index (χ0) is 17.9. The van der Waals surface area contributed by atoms with Crippen LogP contribution >= 0.6 is 11.3 Å². The van der Waals surface area contributed by atoms with Gasteiger partial charge in [-0.25, -0.2) is 0 Å². The molecule has 136 valence electrons. The van der Waals surface area contributed by atoms with Gasteiger partial charge in [0.1, 0.15) is 5.75 Å². The minimum Gasteiger partial charge on any atom is -0.494 e. The molecule has 0 bridgehead atoms. The van der Waals surface area contributed by atoms with Gasteiger partial charge in [-0.05, 0) is 43.4 Å². The summed E-state index contributed by atoms with van der Waals surface area (Å²) >= 11 is 1.03. The molecule has 1 aromatic carbocycles. The van der Waals surface area contributed by atoms with E-state index in [1.807, 2.05) is 24.3 Å². The maximum atomic E-state index is 11.2. The van der Waals surface area contributed by atoms with Gasteiger partial charge in [-0.1, -0.05) is 36.8 Å². The standard InChI is InChI=1S/C19H25NO4S/c1-2-19(9-3-4-14(21)11-19)12-24-15-7-5-13(6-8-15)10-16-17(22)20-18(23)25-16/h5-8,14,21-22H,2-4,9-12H2,1H3,(H,20,23). The Kier molecular flexibility index (Phi) is 5.49. The highest BCUT2D eigenvalue weighted by Crippen LogP contribution is 2.39. The molecule has 0 spiro atoms. The number of aromatic amines is 1. The number of aromatic hydroxyl groups is 1. The molecular formula is C19H25NO4S. The van der Waals surface area contributed by atoms with E-state index in [1.165, 1.54) is 0 Å². The number of ether oxygens (including phenoxy) is 1. The van der Waals surface area contributed by atoms with Gasteiger partial charge in [0, 0.05) is 11.8 Å². The number of benzene rings is 1. The number of rotatable bonds is 6. The van der Waals surface area contributed by atoms with Crippen LogP contribution in [0.15, 0.2) is 29.1 Å². The van der Waals surface area contributed by atoms with Gasteiger partial charge in [0.25, 0.3) is 0 Å². The molecule has 3 rings (SSSR count). The van der Waals surface area contributed by atoms with Crippen molar-refractivity contribution >= 4 is 11.3 Å². The fourth-order valence-electron chi connectivity index (χ4n) is 3.57. The second-order valence-electron chi connectivity index (χ2n) is 7.00. The largest absolute Gasteiger partial charge is 0.494 e. The lowest BCUT2D eigenvalue weighted by atomic mass is 9.72. The number of H-pyrrole nitrogens is 1. The summed E-state index contributed by atoms with van der Waals surface area (Å²) in [5.41, 5.74) is 1.08. The van der Waals surface area contributed by atoms with Crippen molar-refractivity contribution in [3.63, 3.8) is 0 Å². The molecule has 3 N–H and O–H groups in total. The number of hydrogen-bond acceptors (Lipinski definition) is 5. The Morgan fingerprint density at radius 2 is 2.12 bits per heavy atom. The first-order valence-corrected chi connectivity index (χ1v) is 9.62. The second kappa shape index (κ2) is 7.62. The summed E-state index contributed by atoms with van der Waals surface area (Å²) in [6.45, 7) is 2.79. The molecular weight excluding hydrogens is 338 g/mol. The monoisotopic (exact) mass is 363 g/mol. The van der Waals surface area contributed by atoms with E-state index in [1.54, 1.807) is 0 Å². The summed E-state index contributed by atoms with van der Waals surface area (Å²) in [7, 11) is 0. The van der Waals surface area contributed by atoms with E-state index in [4.69, 9.17) is 4.74 Å². The summed E-state index contributed by atoms with van der Waals surface area (Å²) in [4.78, 5) is 14.0. The van der Waals surface area contributed by atoms with Crippen LogP contribution in [0.25, 0.3) is 0 Å². The van der Waals surface area contributed by atoms with E-state index in [9.17, 15) is 15.0 Å². The number of aliphatic hydroxyl groups is 1. The maximum absolute atomic E-state index is 11.2.